The molecule has 2 aliphatic heterocycles. The van der Waals surface area contributed by atoms with Crippen molar-refractivity contribution in [2.75, 3.05) is 25.0 Å². The molecule has 31 heavy (non-hydrogen) atoms. The van der Waals surface area contributed by atoms with E-state index in [9.17, 15) is 18.8 Å². The number of carbonyl (C=O) groups is 3. The summed E-state index contributed by atoms with van der Waals surface area (Å²) in [6, 6.07) is 5.90. The minimum Gasteiger partial charge on any atom is -0.465 e. The molecular weight excluding hydrogens is 405 g/mol. The largest absolute Gasteiger partial charge is 0.465 e. The summed E-state index contributed by atoms with van der Waals surface area (Å²) in [6.45, 7) is 0.620. The Morgan fingerprint density at radius 3 is 2.68 bits per heavy atom. The van der Waals surface area contributed by atoms with E-state index in [1.807, 2.05) is 0 Å². The number of benzene rings is 1. The van der Waals surface area contributed by atoms with Crippen molar-refractivity contribution in [2.45, 2.75) is 30.3 Å². The summed E-state index contributed by atoms with van der Waals surface area (Å²) in [6.07, 6.45) is 3.38. The summed E-state index contributed by atoms with van der Waals surface area (Å²) in [5, 5.41) is 9.09. The van der Waals surface area contributed by atoms with Crippen LogP contribution in [0.5, 0.6) is 0 Å². The first kappa shape index (κ1) is 19.5. The molecule has 3 aliphatic rings. The number of hydrogen-bond donors (Lipinski definition) is 1. The van der Waals surface area contributed by atoms with Gasteiger partial charge in [-0.25, -0.2) is 14.0 Å². The number of pyridine rings is 1. The van der Waals surface area contributed by atoms with E-state index < -0.39 is 28.9 Å². The Morgan fingerprint density at radius 2 is 2.00 bits per heavy atom. The van der Waals surface area contributed by atoms with Gasteiger partial charge in [0.15, 0.2) is 5.60 Å². The Morgan fingerprint density at radius 1 is 1.23 bits per heavy atom. The third-order valence-electron chi connectivity index (χ3n) is 6.64. The molecule has 1 unspecified atom stereocenters. The van der Waals surface area contributed by atoms with Crippen LogP contribution in [-0.4, -0.2) is 53.1 Å². The number of fused-ring (bicyclic) bond motifs is 2. The van der Waals surface area contributed by atoms with Crippen molar-refractivity contribution in [2.24, 2.45) is 0 Å². The summed E-state index contributed by atoms with van der Waals surface area (Å²) >= 11 is 0. The first-order valence-corrected chi connectivity index (χ1v) is 10.0. The normalized spacial score (nSPS) is 22.9. The summed E-state index contributed by atoms with van der Waals surface area (Å²) in [5.41, 5.74) is -0.218. The van der Waals surface area contributed by atoms with Crippen molar-refractivity contribution < 1.29 is 28.6 Å². The number of carbonyl (C=O) groups excluding carboxylic acids is 2. The van der Waals surface area contributed by atoms with E-state index in [4.69, 9.17) is 9.84 Å². The van der Waals surface area contributed by atoms with Gasteiger partial charge in [0.1, 0.15) is 5.82 Å². The van der Waals surface area contributed by atoms with Gasteiger partial charge in [0.2, 0.25) is 5.91 Å². The zero-order valence-electron chi connectivity index (χ0n) is 16.8. The number of halogens is 1. The highest BCUT2D eigenvalue weighted by atomic mass is 19.1. The van der Waals surface area contributed by atoms with Gasteiger partial charge in [-0.2, -0.15) is 0 Å². The molecule has 8 nitrogen and oxygen atoms in total. The quantitative estimate of drug-likeness (QED) is 0.759. The van der Waals surface area contributed by atoms with E-state index in [-0.39, 0.29) is 23.7 Å². The summed E-state index contributed by atoms with van der Waals surface area (Å²) < 4.78 is 20.6. The lowest BCUT2D eigenvalue weighted by atomic mass is 9.92. The summed E-state index contributed by atoms with van der Waals surface area (Å²) in [4.78, 5) is 43.4. The van der Waals surface area contributed by atoms with E-state index in [2.05, 4.69) is 4.98 Å². The number of aromatic nitrogens is 1. The third-order valence-corrected chi connectivity index (χ3v) is 6.64. The molecule has 5 rings (SSSR count). The van der Waals surface area contributed by atoms with Crippen molar-refractivity contribution in [1.82, 2.24) is 9.88 Å². The zero-order chi connectivity index (χ0) is 22.0. The number of rotatable bonds is 3. The van der Waals surface area contributed by atoms with Crippen LogP contribution in [-0.2, 0) is 20.5 Å². The molecule has 2 amide bonds. The number of esters is 1. The molecule has 1 spiro atoms. The lowest BCUT2D eigenvalue weighted by Crippen LogP contribution is -2.40. The third kappa shape index (κ3) is 2.79. The van der Waals surface area contributed by atoms with Gasteiger partial charge in [-0.05, 0) is 31.0 Å². The zero-order valence-corrected chi connectivity index (χ0v) is 16.8. The lowest BCUT2D eigenvalue weighted by Gasteiger charge is -2.27. The van der Waals surface area contributed by atoms with Crippen LogP contribution in [0, 0.1) is 5.82 Å². The molecule has 1 aliphatic carbocycles. The second kappa shape index (κ2) is 6.50. The van der Waals surface area contributed by atoms with Gasteiger partial charge in [0.25, 0.3) is 0 Å². The minimum atomic E-state index is -1.20. The maximum atomic E-state index is 14.9. The summed E-state index contributed by atoms with van der Waals surface area (Å²) in [7, 11) is 1.33. The smallest absolute Gasteiger partial charge is 0.411 e. The van der Waals surface area contributed by atoms with Gasteiger partial charge < -0.3 is 14.7 Å². The summed E-state index contributed by atoms with van der Waals surface area (Å²) in [5.74, 6) is -1.24. The Hall–Kier alpha value is -3.49. The van der Waals surface area contributed by atoms with Crippen molar-refractivity contribution in [3.63, 3.8) is 0 Å². The first-order chi connectivity index (χ1) is 14.8. The molecule has 1 N–H and O–H groups in total. The maximum Gasteiger partial charge on any atom is 0.411 e. The minimum absolute atomic E-state index is 0.193. The van der Waals surface area contributed by atoms with Gasteiger partial charge in [-0.3, -0.25) is 14.7 Å². The van der Waals surface area contributed by atoms with Crippen LogP contribution in [0.4, 0.5) is 14.9 Å². The molecule has 0 radical (unpaired) electrons. The van der Waals surface area contributed by atoms with Gasteiger partial charge >= 0.3 is 12.1 Å². The average molecular weight is 425 g/mol. The molecule has 1 saturated heterocycles. The maximum absolute atomic E-state index is 14.9. The van der Waals surface area contributed by atoms with E-state index in [0.29, 0.717) is 31.4 Å². The molecule has 2 fully saturated rings. The van der Waals surface area contributed by atoms with Crippen molar-refractivity contribution in [3.8, 4) is 0 Å². The SMILES string of the molecule is CN(C(=O)O)c1ccc(C2(C(=O)N3CCC4(C3)OC(=O)c3cnccc34)CC2)c(F)c1. The predicted octanol–water partition coefficient (Wildman–Crippen LogP) is 2.66. The number of amides is 2. The fraction of sp³-hybridized carbons (Fsp3) is 0.364. The van der Waals surface area contributed by atoms with E-state index >= 15 is 0 Å². The number of hydrogen-bond acceptors (Lipinski definition) is 5. The van der Waals surface area contributed by atoms with Gasteiger partial charge in [0.05, 0.1) is 17.5 Å². The Kier molecular flexibility index (Phi) is 4.08. The second-order valence-corrected chi connectivity index (χ2v) is 8.37. The predicted molar refractivity (Wildman–Crippen MR) is 106 cm³/mol. The molecule has 1 atom stereocenters. The van der Waals surface area contributed by atoms with Crippen LogP contribution in [0.25, 0.3) is 0 Å². The molecule has 3 heterocycles. The van der Waals surface area contributed by atoms with E-state index in [0.717, 1.165) is 16.5 Å². The molecule has 1 aromatic carbocycles. The molecule has 0 bridgehead atoms. The number of carboxylic acid groups (broad SMARTS) is 1. The number of anilines is 1. The van der Waals surface area contributed by atoms with Crippen LogP contribution in [0.1, 0.15) is 40.7 Å². The fourth-order valence-electron chi connectivity index (χ4n) is 4.74. The van der Waals surface area contributed by atoms with Crippen LogP contribution in [0.3, 0.4) is 0 Å². The second-order valence-electron chi connectivity index (χ2n) is 8.37. The van der Waals surface area contributed by atoms with Crippen molar-refractivity contribution in [1.29, 1.82) is 0 Å². The van der Waals surface area contributed by atoms with Crippen LogP contribution in [0.2, 0.25) is 0 Å². The van der Waals surface area contributed by atoms with Gasteiger partial charge in [-0.15, -0.1) is 0 Å². The van der Waals surface area contributed by atoms with Crippen LogP contribution < -0.4 is 4.90 Å². The molecule has 160 valence electrons. The Bertz CT molecular complexity index is 1130. The molecular formula is C22H20FN3O5. The topological polar surface area (TPSA) is 100 Å². The highest BCUT2D eigenvalue weighted by Crippen LogP contribution is 2.52. The lowest BCUT2D eigenvalue weighted by molar-refractivity contribution is -0.134. The molecule has 1 aromatic heterocycles. The van der Waals surface area contributed by atoms with Crippen LogP contribution >= 0.6 is 0 Å². The van der Waals surface area contributed by atoms with Crippen LogP contribution in [0.15, 0.2) is 36.7 Å². The van der Waals surface area contributed by atoms with E-state index in [1.165, 1.54) is 25.4 Å². The van der Waals surface area contributed by atoms with Gasteiger partial charge in [-0.1, -0.05) is 6.07 Å². The van der Waals surface area contributed by atoms with E-state index in [1.54, 1.807) is 17.2 Å². The number of likely N-dealkylation sites (tertiary alicyclic amines) is 1. The number of nitrogens with zero attached hydrogens (tertiary/aromatic N) is 3. The molecule has 2 aromatic rings. The Labute approximate surface area is 177 Å². The molecule has 9 heteroatoms. The average Bonchev–Trinajstić information content (AvgIpc) is 3.38. The molecule has 1 saturated carbocycles. The fourth-order valence-corrected chi connectivity index (χ4v) is 4.74. The number of ether oxygens (including phenoxy) is 1. The van der Waals surface area contributed by atoms with Gasteiger partial charge in [0, 0.05) is 49.2 Å². The first-order valence-electron chi connectivity index (χ1n) is 10.0. The monoisotopic (exact) mass is 425 g/mol. The standard InChI is InChI=1S/C22H20FN3O5/c1-25(20(29)30)13-2-3-16(17(23)10-13)21(5-6-21)19(28)26-9-7-22(12-26)15-4-8-24-11-14(15)18(27)31-22/h2-4,8,10-11H,5-7,9,12H2,1H3,(H,29,30). The van der Waals surface area contributed by atoms with Crippen molar-refractivity contribution >= 4 is 23.7 Å². The Balaban J connectivity index is 1.41. The highest BCUT2D eigenvalue weighted by molar-refractivity contribution is 5.95. The highest BCUT2D eigenvalue weighted by Gasteiger charge is 2.58. The van der Waals surface area contributed by atoms with Crippen molar-refractivity contribution in [3.05, 3.63) is 59.2 Å².